The topological polar surface area (TPSA) is 20.2 Å². The average molecular weight is 119 g/mol. The van der Waals surface area contributed by atoms with Gasteiger partial charge in [0.25, 0.3) is 0 Å². The third-order valence-electron chi connectivity index (χ3n) is 0.425. The summed E-state index contributed by atoms with van der Waals surface area (Å²) in [7, 11) is 0. The number of aliphatic hydroxyl groups is 1. The Labute approximate surface area is 47.9 Å². The number of allylic oxidation sites excluding steroid dienone is 2. The van der Waals surface area contributed by atoms with E-state index < -0.39 is 0 Å². The lowest BCUT2D eigenvalue weighted by Crippen LogP contribution is -1.66. The van der Waals surface area contributed by atoms with Crippen molar-refractivity contribution in [2.24, 2.45) is 0 Å². The van der Waals surface area contributed by atoms with Crippen LogP contribution in [0.3, 0.4) is 0 Å². The molecule has 0 bridgehead atoms. The second-order valence-corrected chi connectivity index (χ2v) is 1.18. The van der Waals surface area contributed by atoms with E-state index in [1.54, 1.807) is 18.2 Å². The van der Waals surface area contributed by atoms with Crippen molar-refractivity contribution in [2.75, 3.05) is 6.61 Å². The van der Waals surface area contributed by atoms with Crippen molar-refractivity contribution in [3.63, 3.8) is 0 Å². The maximum absolute atomic E-state index is 8.13. The molecule has 0 aromatic heterocycles. The van der Waals surface area contributed by atoms with Crippen molar-refractivity contribution >= 4 is 11.6 Å². The fourth-order valence-electron chi connectivity index (χ4n) is 0.181. The first-order chi connectivity index (χ1) is 3.41. The first kappa shape index (κ1) is 6.73. The van der Waals surface area contributed by atoms with Crippen molar-refractivity contribution in [3.8, 4) is 0 Å². The second-order valence-electron chi connectivity index (χ2n) is 0.929. The Bertz CT molecular complexity index is 76.1. The van der Waals surface area contributed by atoms with E-state index in [-0.39, 0.29) is 6.61 Å². The molecular formula is C5H7ClO. The van der Waals surface area contributed by atoms with Crippen LogP contribution in [-0.2, 0) is 0 Å². The summed E-state index contributed by atoms with van der Waals surface area (Å²) in [5.41, 5.74) is 1.38. The molecular weight excluding hydrogens is 112 g/mol. The van der Waals surface area contributed by atoms with Crippen LogP contribution in [0.15, 0.2) is 23.8 Å². The van der Waals surface area contributed by atoms with Gasteiger partial charge in [0.2, 0.25) is 0 Å². The number of halogens is 1. The van der Waals surface area contributed by atoms with Crippen molar-refractivity contribution in [3.05, 3.63) is 23.8 Å². The van der Waals surface area contributed by atoms with Crippen molar-refractivity contribution in [2.45, 2.75) is 0 Å². The van der Waals surface area contributed by atoms with E-state index in [1.165, 1.54) is 5.54 Å². The summed E-state index contributed by atoms with van der Waals surface area (Å²) < 4.78 is 0. The van der Waals surface area contributed by atoms with Crippen LogP contribution in [0.2, 0.25) is 0 Å². The summed E-state index contributed by atoms with van der Waals surface area (Å²) in [5.74, 6) is 0. The molecule has 0 amide bonds. The Kier molecular flexibility index (Phi) is 5.51. The van der Waals surface area contributed by atoms with Gasteiger partial charge in [0.05, 0.1) is 6.61 Å². The Morgan fingerprint density at radius 3 is 2.57 bits per heavy atom. The van der Waals surface area contributed by atoms with Gasteiger partial charge in [-0.25, -0.2) is 0 Å². The molecule has 0 aliphatic rings. The molecule has 0 radical (unpaired) electrons. The van der Waals surface area contributed by atoms with Crippen LogP contribution in [-0.4, -0.2) is 11.7 Å². The zero-order chi connectivity index (χ0) is 5.54. The molecule has 7 heavy (non-hydrogen) atoms. The highest BCUT2D eigenvalue weighted by Gasteiger charge is 1.59. The highest BCUT2D eigenvalue weighted by atomic mass is 35.5. The van der Waals surface area contributed by atoms with E-state index in [9.17, 15) is 0 Å². The lowest BCUT2D eigenvalue weighted by atomic mass is 10.5. The van der Waals surface area contributed by atoms with Crippen LogP contribution in [0.25, 0.3) is 0 Å². The maximum Gasteiger partial charge on any atom is 0.0615 e. The number of hydrogen-bond acceptors (Lipinski definition) is 1. The summed E-state index contributed by atoms with van der Waals surface area (Å²) >= 11 is 5.12. The normalized spacial score (nSPS) is 11.7. The van der Waals surface area contributed by atoms with Crippen LogP contribution in [0, 0.1) is 0 Å². The van der Waals surface area contributed by atoms with Crippen LogP contribution in [0.4, 0.5) is 0 Å². The third kappa shape index (κ3) is 5.73. The fourth-order valence-corrected chi connectivity index (χ4v) is 0.265. The molecule has 0 unspecified atom stereocenters. The molecule has 0 aromatic carbocycles. The van der Waals surface area contributed by atoms with Gasteiger partial charge in [-0.15, -0.1) is 0 Å². The van der Waals surface area contributed by atoms with Gasteiger partial charge in [0, 0.05) is 5.54 Å². The molecule has 2 heteroatoms. The van der Waals surface area contributed by atoms with Gasteiger partial charge in [-0.05, 0) is 0 Å². The van der Waals surface area contributed by atoms with E-state index in [0.29, 0.717) is 0 Å². The fraction of sp³-hybridized carbons (Fsp3) is 0.200. The van der Waals surface area contributed by atoms with Crippen LogP contribution in [0.5, 0.6) is 0 Å². The SMILES string of the molecule is OC/C=C\C=C\Cl. The Morgan fingerprint density at radius 1 is 1.43 bits per heavy atom. The Hall–Kier alpha value is -0.270. The van der Waals surface area contributed by atoms with Crippen LogP contribution in [0.1, 0.15) is 0 Å². The first-order valence-electron chi connectivity index (χ1n) is 1.94. The monoisotopic (exact) mass is 118 g/mol. The summed E-state index contributed by atoms with van der Waals surface area (Å²) in [6, 6.07) is 0. The van der Waals surface area contributed by atoms with Gasteiger partial charge in [0.15, 0.2) is 0 Å². The second kappa shape index (κ2) is 5.73. The number of hydrogen-bond donors (Lipinski definition) is 1. The van der Waals surface area contributed by atoms with Crippen molar-refractivity contribution in [1.29, 1.82) is 0 Å². The van der Waals surface area contributed by atoms with Gasteiger partial charge in [0.1, 0.15) is 0 Å². The lowest BCUT2D eigenvalue weighted by molar-refractivity contribution is 0.343. The van der Waals surface area contributed by atoms with Gasteiger partial charge < -0.3 is 5.11 Å². The van der Waals surface area contributed by atoms with Crippen LogP contribution < -0.4 is 0 Å². The largest absolute Gasteiger partial charge is 0.392 e. The van der Waals surface area contributed by atoms with Crippen molar-refractivity contribution < 1.29 is 5.11 Å². The minimum atomic E-state index is 0.0707. The third-order valence-corrected chi connectivity index (χ3v) is 0.571. The highest BCUT2D eigenvalue weighted by Crippen LogP contribution is 1.78. The number of rotatable bonds is 2. The molecule has 1 N–H and O–H groups in total. The first-order valence-corrected chi connectivity index (χ1v) is 2.38. The van der Waals surface area contributed by atoms with E-state index in [1.807, 2.05) is 0 Å². The minimum absolute atomic E-state index is 0.0707. The standard InChI is InChI=1S/C5H7ClO/c6-4-2-1-3-5-7/h1-4,7H,5H2/b3-1-,4-2+. The number of aliphatic hydroxyl groups excluding tert-OH is 1. The van der Waals surface area contributed by atoms with E-state index in [0.717, 1.165) is 0 Å². The highest BCUT2D eigenvalue weighted by molar-refractivity contribution is 6.25. The summed E-state index contributed by atoms with van der Waals surface area (Å²) in [6.07, 6.45) is 4.91. The van der Waals surface area contributed by atoms with Gasteiger partial charge >= 0.3 is 0 Å². The zero-order valence-electron chi connectivity index (χ0n) is 3.84. The van der Waals surface area contributed by atoms with Gasteiger partial charge in [-0.1, -0.05) is 29.8 Å². The van der Waals surface area contributed by atoms with Gasteiger partial charge in [-0.3, -0.25) is 0 Å². The summed E-state index contributed by atoms with van der Waals surface area (Å²) in [6.45, 7) is 0.0707. The molecule has 0 heterocycles. The smallest absolute Gasteiger partial charge is 0.0615 e. The molecule has 0 saturated heterocycles. The van der Waals surface area contributed by atoms with E-state index in [4.69, 9.17) is 16.7 Å². The van der Waals surface area contributed by atoms with Crippen LogP contribution >= 0.6 is 11.6 Å². The molecule has 1 nitrogen and oxygen atoms in total. The molecule has 0 rings (SSSR count). The molecule has 0 fully saturated rings. The van der Waals surface area contributed by atoms with E-state index in [2.05, 4.69) is 0 Å². The predicted octanol–water partition coefficient (Wildman–Crippen LogP) is 1.29. The zero-order valence-corrected chi connectivity index (χ0v) is 4.60. The van der Waals surface area contributed by atoms with Crippen molar-refractivity contribution in [1.82, 2.24) is 0 Å². The summed E-state index contributed by atoms with van der Waals surface area (Å²) in [4.78, 5) is 0. The Morgan fingerprint density at radius 2 is 2.14 bits per heavy atom. The molecule has 0 aromatic rings. The lowest BCUT2D eigenvalue weighted by Gasteiger charge is -1.70. The maximum atomic E-state index is 8.13. The molecule has 0 spiro atoms. The quantitative estimate of drug-likeness (QED) is 0.542. The average Bonchev–Trinajstić information content (AvgIpc) is 1.69. The summed E-state index contributed by atoms with van der Waals surface area (Å²) in [5, 5.41) is 8.13. The van der Waals surface area contributed by atoms with E-state index >= 15 is 0 Å². The molecule has 0 saturated carbocycles. The molecule has 0 aliphatic carbocycles. The Balaban J connectivity index is 3.09. The molecule has 0 atom stereocenters. The predicted molar refractivity (Wildman–Crippen MR) is 31.2 cm³/mol. The van der Waals surface area contributed by atoms with Gasteiger partial charge in [-0.2, -0.15) is 0 Å². The molecule has 0 aliphatic heterocycles. The molecule has 40 valence electrons. The minimum Gasteiger partial charge on any atom is -0.392 e.